The van der Waals surface area contributed by atoms with Gasteiger partial charge in [-0.15, -0.1) is 0 Å². The third-order valence-corrected chi connectivity index (χ3v) is 4.09. The van der Waals surface area contributed by atoms with Crippen molar-refractivity contribution in [3.05, 3.63) is 95.3 Å². The Hall–Kier alpha value is -3.68. The molecule has 0 spiro atoms. The predicted molar refractivity (Wildman–Crippen MR) is 98.2 cm³/mol. The molecule has 2 amide bonds. The van der Waals surface area contributed by atoms with Crippen LogP contribution in [0.2, 0.25) is 0 Å². The first-order chi connectivity index (χ1) is 13.8. The lowest BCUT2D eigenvalue weighted by Crippen LogP contribution is -2.41. The second-order valence-corrected chi connectivity index (χ2v) is 6.04. The number of hydrogen-bond acceptors (Lipinski definition) is 2. The maximum atomic E-state index is 12.9. The van der Waals surface area contributed by atoms with Crippen molar-refractivity contribution in [3.63, 3.8) is 0 Å². The molecule has 0 bridgehead atoms. The van der Waals surface area contributed by atoms with Gasteiger partial charge >= 0.3 is 6.18 Å². The van der Waals surface area contributed by atoms with Gasteiger partial charge in [-0.25, -0.2) is 4.39 Å². The van der Waals surface area contributed by atoms with Gasteiger partial charge in [-0.2, -0.15) is 13.2 Å². The van der Waals surface area contributed by atoms with E-state index in [2.05, 4.69) is 10.9 Å². The number of alkyl halides is 3. The maximum Gasteiger partial charge on any atom is 0.416 e. The van der Waals surface area contributed by atoms with Gasteiger partial charge < -0.3 is 0 Å². The van der Waals surface area contributed by atoms with E-state index in [-0.39, 0.29) is 11.1 Å². The summed E-state index contributed by atoms with van der Waals surface area (Å²) in [6, 6.07) is 15.4. The number of nitrogens with one attached hydrogen (secondary N) is 2. The summed E-state index contributed by atoms with van der Waals surface area (Å²) in [4.78, 5) is 24.5. The van der Waals surface area contributed by atoms with Crippen LogP contribution in [0.3, 0.4) is 0 Å². The number of halogens is 4. The van der Waals surface area contributed by atoms with E-state index < -0.39 is 29.4 Å². The van der Waals surface area contributed by atoms with E-state index in [1.54, 1.807) is 18.2 Å². The van der Waals surface area contributed by atoms with E-state index in [1.165, 1.54) is 30.3 Å². The van der Waals surface area contributed by atoms with Gasteiger partial charge in [0.1, 0.15) is 5.82 Å². The first kappa shape index (κ1) is 20.1. The number of amides is 2. The van der Waals surface area contributed by atoms with Crippen LogP contribution in [0.1, 0.15) is 26.3 Å². The van der Waals surface area contributed by atoms with Crippen molar-refractivity contribution in [1.29, 1.82) is 0 Å². The zero-order chi connectivity index (χ0) is 21.0. The second kappa shape index (κ2) is 8.14. The average molecular weight is 402 g/mol. The first-order valence-corrected chi connectivity index (χ1v) is 8.38. The smallest absolute Gasteiger partial charge is 0.267 e. The van der Waals surface area contributed by atoms with Crippen molar-refractivity contribution in [1.82, 2.24) is 10.9 Å². The van der Waals surface area contributed by atoms with Crippen LogP contribution in [0.4, 0.5) is 17.6 Å². The molecule has 0 aromatic heterocycles. The summed E-state index contributed by atoms with van der Waals surface area (Å²) < 4.78 is 51.1. The highest BCUT2D eigenvalue weighted by molar-refractivity contribution is 6.03. The van der Waals surface area contributed by atoms with Crippen LogP contribution in [-0.2, 0) is 6.18 Å². The molecule has 8 heteroatoms. The molecular formula is C21H14F4N2O2. The molecule has 2 N–H and O–H groups in total. The fourth-order valence-corrected chi connectivity index (χ4v) is 2.63. The number of hydrazine groups is 1. The van der Waals surface area contributed by atoms with Gasteiger partial charge in [0.05, 0.1) is 5.56 Å². The van der Waals surface area contributed by atoms with Crippen molar-refractivity contribution in [2.24, 2.45) is 0 Å². The number of carbonyl (C=O) groups is 2. The molecule has 3 rings (SSSR count). The summed E-state index contributed by atoms with van der Waals surface area (Å²) in [5.74, 6) is -1.81. The molecule has 0 heterocycles. The molecule has 0 unspecified atom stereocenters. The summed E-state index contributed by atoms with van der Waals surface area (Å²) in [5.41, 5.74) is 4.77. The lowest BCUT2D eigenvalue weighted by atomic mass is 9.98. The first-order valence-electron chi connectivity index (χ1n) is 8.38. The number of benzene rings is 3. The Morgan fingerprint density at radius 3 is 1.93 bits per heavy atom. The SMILES string of the molecule is O=C(NNC(=O)c1ccccc1-c1ccc(C(F)(F)F)cc1)c1ccc(F)cc1. The lowest BCUT2D eigenvalue weighted by Gasteiger charge is -2.12. The fraction of sp³-hybridized carbons (Fsp3) is 0.0476. The summed E-state index contributed by atoms with van der Waals surface area (Å²) in [7, 11) is 0. The normalized spacial score (nSPS) is 11.0. The summed E-state index contributed by atoms with van der Waals surface area (Å²) in [5, 5.41) is 0. The van der Waals surface area contributed by atoms with Crippen LogP contribution >= 0.6 is 0 Å². The van der Waals surface area contributed by atoms with E-state index >= 15 is 0 Å². The maximum absolute atomic E-state index is 12.9. The van der Waals surface area contributed by atoms with E-state index in [4.69, 9.17) is 0 Å². The van der Waals surface area contributed by atoms with Crippen molar-refractivity contribution in [3.8, 4) is 11.1 Å². The zero-order valence-electron chi connectivity index (χ0n) is 14.8. The van der Waals surface area contributed by atoms with Gasteiger partial charge in [-0.05, 0) is 53.6 Å². The molecule has 0 aliphatic heterocycles. The Bertz CT molecular complexity index is 1030. The Kier molecular flexibility index (Phi) is 5.63. The van der Waals surface area contributed by atoms with Gasteiger partial charge in [0.15, 0.2) is 0 Å². The van der Waals surface area contributed by atoms with Gasteiger partial charge in [0, 0.05) is 11.1 Å². The van der Waals surface area contributed by atoms with Gasteiger partial charge in [-0.3, -0.25) is 20.4 Å². The van der Waals surface area contributed by atoms with E-state index in [0.717, 1.165) is 24.3 Å². The van der Waals surface area contributed by atoms with E-state index in [0.29, 0.717) is 11.1 Å². The number of rotatable bonds is 3. The average Bonchev–Trinajstić information content (AvgIpc) is 2.72. The Labute approximate surface area is 163 Å². The molecule has 0 fully saturated rings. The molecular weight excluding hydrogens is 388 g/mol. The standard InChI is InChI=1S/C21H14F4N2O2/c22-16-11-7-14(8-12-16)19(28)26-27-20(29)18-4-2-1-3-17(18)13-5-9-15(10-6-13)21(23,24)25/h1-12H,(H,26,28)(H,27,29). The highest BCUT2D eigenvalue weighted by atomic mass is 19.4. The van der Waals surface area contributed by atoms with Crippen LogP contribution in [0.25, 0.3) is 11.1 Å². The highest BCUT2D eigenvalue weighted by Crippen LogP contribution is 2.31. The lowest BCUT2D eigenvalue weighted by molar-refractivity contribution is -0.137. The van der Waals surface area contributed by atoms with Crippen LogP contribution in [-0.4, -0.2) is 11.8 Å². The molecule has 3 aromatic carbocycles. The molecule has 148 valence electrons. The molecule has 0 aliphatic rings. The molecule has 0 radical (unpaired) electrons. The molecule has 4 nitrogen and oxygen atoms in total. The van der Waals surface area contributed by atoms with Crippen molar-refractivity contribution >= 4 is 11.8 Å². The van der Waals surface area contributed by atoms with E-state index in [9.17, 15) is 27.2 Å². The molecule has 0 aliphatic carbocycles. The quantitative estimate of drug-likeness (QED) is 0.498. The Morgan fingerprint density at radius 2 is 1.31 bits per heavy atom. The van der Waals surface area contributed by atoms with Gasteiger partial charge in [0.25, 0.3) is 11.8 Å². The Morgan fingerprint density at radius 1 is 0.724 bits per heavy atom. The fourth-order valence-electron chi connectivity index (χ4n) is 2.63. The van der Waals surface area contributed by atoms with E-state index in [1.807, 2.05) is 0 Å². The predicted octanol–water partition coefficient (Wildman–Crippen LogP) is 4.59. The van der Waals surface area contributed by atoms with Crippen LogP contribution in [0.5, 0.6) is 0 Å². The van der Waals surface area contributed by atoms with Crippen LogP contribution in [0.15, 0.2) is 72.8 Å². The second-order valence-electron chi connectivity index (χ2n) is 6.04. The largest absolute Gasteiger partial charge is 0.416 e. The van der Waals surface area contributed by atoms with Gasteiger partial charge in [0.2, 0.25) is 0 Å². The third-order valence-electron chi connectivity index (χ3n) is 4.09. The number of carbonyl (C=O) groups excluding carboxylic acids is 2. The minimum atomic E-state index is -4.46. The van der Waals surface area contributed by atoms with Gasteiger partial charge in [-0.1, -0.05) is 30.3 Å². The monoisotopic (exact) mass is 402 g/mol. The third kappa shape index (κ3) is 4.78. The molecule has 0 saturated heterocycles. The highest BCUT2D eigenvalue weighted by Gasteiger charge is 2.30. The Balaban J connectivity index is 1.76. The summed E-state index contributed by atoms with van der Waals surface area (Å²) in [6.45, 7) is 0. The van der Waals surface area contributed by atoms with Crippen molar-refractivity contribution < 1.29 is 27.2 Å². The molecule has 29 heavy (non-hydrogen) atoms. The van der Waals surface area contributed by atoms with Crippen LogP contribution < -0.4 is 10.9 Å². The molecule has 3 aromatic rings. The molecule has 0 saturated carbocycles. The summed E-state index contributed by atoms with van der Waals surface area (Å²) >= 11 is 0. The molecule has 0 atom stereocenters. The van der Waals surface area contributed by atoms with Crippen LogP contribution in [0, 0.1) is 5.82 Å². The zero-order valence-corrected chi connectivity index (χ0v) is 14.8. The minimum absolute atomic E-state index is 0.141. The van der Waals surface area contributed by atoms with Crippen molar-refractivity contribution in [2.75, 3.05) is 0 Å². The van der Waals surface area contributed by atoms with Crippen molar-refractivity contribution in [2.45, 2.75) is 6.18 Å². The minimum Gasteiger partial charge on any atom is -0.267 e. The summed E-state index contributed by atoms with van der Waals surface area (Å²) in [6.07, 6.45) is -4.46. The number of hydrogen-bond donors (Lipinski definition) is 2. The topological polar surface area (TPSA) is 58.2 Å².